The Morgan fingerprint density at radius 3 is 2.29 bits per heavy atom. The second-order valence-corrected chi connectivity index (χ2v) is 6.23. The van der Waals surface area contributed by atoms with E-state index in [0.29, 0.717) is 26.2 Å². The fourth-order valence-electron chi connectivity index (χ4n) is 1.83. The Morgan fingerprint density at radius 2 is 1.82 bits per heavy atom. The molecule has 0 unspecified atom stereocenters. The number of hydrogen-bond acceptors (Lipinski definition) is 3. The van der Waals surface area contributed by atoms with Crippen molar-refractivity contribution >= 4 is 39.1 Å². The number of amides is 2. The summed E-state index contributed by atoms with van der Waals surface area (Å²) >= 11 is 4.85. The first-order chi connectivity index (χ1) is 8.08. The molecule has 0 bridgehead atoms. The molecule has 0 radical (unpaired) electrons. The molecule has 1 aliphatic rings. The van der Waals surface area contributed by atoms with Crippen molar-refractivity contribution < 1.29 is 9.59 Å². The molecule has 0 N–H and O–H groups in total. The second kappa shape index (κ2) is 5.18. The summed E-state index contributed by atoms with van der Waals surface area (Å²) in [4.78, 5) is 26.8. The summed E-state index contributed by atoms with van der Waals surface area (Å²) in [6, 6.07) is 1.84. The number of rotatable bonds is 1. The van der Waals surface area contributed by atoms with Crippen molar-refractivity contribution in [2.45, 2.75) is 6.92 Å². The third-order valence-corrected chi connectivity index (χ3v) is 4.33. The number of nitrogens with zero attached hydrogens (tertiary/aromatic N) is 2. The molecule has 92 valence electrons. The maximum atomic E-state index is 12.1. The summed E-state index contributed by atoms with van der Waals surface area (Å²) in [7, 11) is 0. The van der Waals surface area contributed by atoms with E-state index in [-0.39, 0.29) is 11.8 Å². The van der Waals surface area contributed by atoms with Crippen LogP contribution < -0.4 is 0 Å². The maximum Gasteiger partial charge on any atom is 0.254 e. The van der Waals surface area contributed by atoms with E-state index < -0.39 is 0 Å². The van der Waals surface area contributed by atoms with Crippen molar-refractivity contribution in [3.63, 3.8) is 0 Å². The zero-order valence-corrected chi connectivity index (χ0v) is 11.9. The van der Waals surface area contributed by atoms with Gasteiger partial charge in [0, 0.05) is 38.5 Å². The average molecular weight is 317 g/mol. The number of thiophene rings is 1. The van der Waals surface area contributed by atoms with Crippen LogP contribution in [0.4, 0.5) is 0 Å². The van der Waals surface area contributed by atoms with Crippen LogP contribution in [0.2, 0.25) is 0 Å². The fourth-order valence-corrected chi connectivity index (χ4v) is 2.96. The molecule has 2 heterocycles. The third-order valence-electron chi connectivity index (χ3n) is 2.83. The molecule has 1 saturated heterocycles. The summed E-state index contributed by atoms with van der Waals surface area (Å²) in [5.74, 6) is 0.130. The van der Waals surface area contributed by atoms with Crippen LogP contribution in [0.15, 0.2) is 15.2 Å². The molecule has 1 aliphatic heterocycles. The molecule has 6 heteroatoms. The van der Waals surface area contributed by atoms with Gasteiger partial charge in [0.05, 0.1) is 9.35 Å². The molecule has 17 heavy (non-hydrogen) atoms. The van der Waals surface area contributed by atoms with Crippen LogP contribution in [0.1, 0.15) is 17.3 Å². The van der Waals surface area contributed by atoms with Crippen molar-refractivity contribution in [1.29, 1.82) is 0 Å². The van der Waals surface area contributed by atoms with Crippen LogP contribution in [0, 0.1) is 0 Å². The lowest BCUT2D eigenvalue weighted by molar-refractivity contribution is -0.130. The van der Waals surface area contributed by atoms with Crippen molar-refractivity contribution in [2.75, 3.05) is 26.2 Å². The Bertz CT molecular complexity index is 438. The summed E-state index contributed by atoms with van der Waals surface area (Å²) in [6.45, 7) is 4.06. The molecule has 2 amide bonds. The first-order valence-corrected chi connectivity index (χ1v) is 7.04. The highest BCUT2D eigenvalue weighted by Gasteiger charge is 2.23. The minimum atomic E-state index is 0.0511. The van der Waals surface area contributed by atoms with E-state index in [4.69, 9.17) is 0 Å². The first kappa shape index (κ1) is 12.6. The van der Waals surface area contributed by atoms with Gasteiger partial charge in [-0.2, -0.15) is 0 Å². The quantitative estimate of drug-likeness (QED) is 0.793. The largest absolute Gasteiger partial charge is 0.339 e. The van der Waals surface area contributed by atoms with Crippen molar-refractivity contribution in [1.82, 2.24) is 9.80 Å². The normalized spacial score (nSPS) is 16.1. The standard InChI is InChI=1S/C11H13BrN2O2S/c1-8(15)13-2-4-14(5-3-13)11(16)9-6-10(12)17-7-9/h6-7H,2-5H2,1H3. The fraction of sp³-hybridized carbons (Fsp3) is 0.455. The van der Waals surface area contributed by atoms with Crippen LogP contribution >= 0.6 is 27.3 Å². The van der Waals surface area contributed by atoms with Gasteiger partial charge in [0.2, 0.25) is 5.91 Å². The number of carbonyl (C=O) groups is 2. The Balaban J connectivity index is 1.97. The van der Waals surface area contributed by atoms with Crippen molar-refractivity contribution in [3.8, 4) is 0 Å². The maximum absolute atomic E-state index is 12.1. The molecule has 1 aromatic rings. The predicted molar refractivity (Wildman–Crippen MR) is 70.2 cm³/mol. The minimum absolute atomic E-state index is 0.0511. The van der Waals surface area contributed by atoms with Gasteiger partial charge in [-0.15, -0.1) is 11.3 Å². The molecular weight excluding hydrogens is 304 g/mol. The lowest BCUT2D eigenvalue weighted by Crippen LogP contribution is -2.50. The first-order valence-electron chi connectivity index (χ1n) is 5.37. The number of hydrogen-bond donors (Lipinski definition) is 0. The zero-order chi connectivity index (χ0) is 12.4. The summed E-state index contributed by atoms with van der Waals surface area (Å²) < 4.78 is 0.961. The van der Waals surface area contributed by atoms with Gasteiger partial charge in [0.25, 0.3) is 5.91 Å². The third kappa shape index (κ3) is 2.87. The number of halogens is 1. The van der Waals surface area contributed by atoms with E-state index in [1.807, 2.05) is 11.4 Å². The molecule has 0 aromatic carbocycles. The summed E-state index contributed by atoms with van der Waals surface area (Å²) in [5, 5.41) is 1.85. The molecule has 1 aromatic heterocycles. The Labute approximate surface area is 112 Å². The van der Waals surface area contributed by atoms with E-state index in [2.05, 4.69) is 15.9 Å². The molecule has 2 rings (SSSR count). The van der Waals surface area contributed by atoms with E-state index >= 15 is 0 Å². The highest BCUT2D eigenvalue weighted by atomic mass is 79.9. The Hall–Kier alpha value is -0.880. The summed E-state index contributed by atoms with van der Waals surface area (Å²) in [5.41, 5.74) is 0.721. The molecule has 0 saturated carbocycles. The molecule has 4 nitrogen and oxygen atoms in total. The minimum Gasteiger partial charge on any atom is -0.339 e. The SMILES string of the molecule is CC(=O)N1CCN(C(=O)c2csc(Br)c2)CC1. The lowest BCUT2D eigenvalue weighted by Gasteiger charge is -2.34. The van der Waals surface area contributed by atoms with Gasteiger partial charge < -0.3 is 9.80 Å². The zero-order valence-electron chi connectivity index (χ0n) is 9.48. The predicted octanol–water partition coefficient (Wildman–Crippen LogP) is 1.81. The topological polar surface area (TPSA) is 40.6 Å². The molecule has 0 atom stereocenters. The number of carbonyl (C=O) groups excluding carboxylic acids is 2. The van der Waals surface area contributed by atoms with E-state index in [9.17, 15) is 9.59 Å². The van der Waals surface area contributed by atoms with Crippen molar-refractivity contribution in [2.24, 2.45) is 0 Å². The van der Waals surface area contributed by atoms with Gasteiger partial charge in [-0.25, -0.2) is 0 Å². The van der Waals surface area contributed by atoms with Crippen LogP contribution in [0.3, 0.4) is 0 Å². The molecule has 0 aliphatic carbocycles. The monoisotopic (exact) mass is 316 g/mol. The number of piperazine rings is 1. The van der Waals surface area contributed by atoms with Gasteiger partial charge in [-0.3, -0.25) is 9.59 Å². The van der Waals surface area contributed by atoms with Gasteiger partial charge >= 0.3 is 0 Å². The van der Waals surface area contributed by atoms with Gasteiger partial charge in [-0.05, 0) is 22.0 Å². The molecule has 1 fully saturated rings. The van der Waals surface area contributed by atoms with E-state index in [1.165, 1.54) is 11.3 Å². The van der Waals surface area contributed by atoms with E-state index in [0.717, 1.165) is 9.35 Å². The highest BCUT2D eigenvalue weighted by molar-refractivity contribution is 9.11. The smallest absolute Gasteiger partial charge is 0.254 e. The van der Waals surface area contributed by atoms with Gasteiger partial charge in [0.15, 0.2) is 0 Å². The molecular formula is C11H13BrN2O2S. The van der Waals surface area contributed by atoms with Gasteiger partial charge in [0.1, 0.15) is 0 Å². The summed E-state index contributed by atoms with van der Waals surface area (Å²) in [6.07, 6.45) is 0. The molecule has 0 spiro atoms. The van der Waals surface area contributed by atoms with Crippen molar-refractivity contribution in [3.05, 3.63) is 20.8 Å². The lowest BCUT2D eigenvalue weighted by atomic mass is 10.2. The second-order valence-electron chi connectivity index (χ2n) is 3.94. The van der Waals surface area contributed by atoms with Crippen LogP contribution in [0.5, 0.6) is 0 Å². The highest BCUT2D eigenvalue weighted by Crippen LogP contribution is 2.22. The van der Waals surface area contributed by atoms with Crippen LogP contribution in [-0.4, -0.2) is 47.8 Å². The van der Waals surface area contributed by atoms with Crippen LogP contribution in [-0.2, 0) is 4.79 Å². The average Bonchev–Trinajstić information content (AvgIpc) is 2.75. The van der Waals surface area contributed by atoms with Gasteiger partial charge in [-0.1, -0.05) is 0 Å². The van der Waals surface area contributed by atoms with E-state index in [1.54, 1.807) is 16.7 Å². The Morgan fingerprint density at radius 1 is 1.24 bits per heavy atom. The Kier molecular flexibility index (Phi) is 3.83. The van der Waals surface area contributed by atoms with Crippen LogP contribution in [0.25, 0.3) is 0 Å².